The molecule has 0 fully saturated rings. The quantitative estimate of drug-likeness (QED) is 0.882. The lowest BCUT2D eigenvalue weighted by molar-refractivity contribution is 0.475. The van der Waals surface area contributed by atoms with Gasteiger partial charge in [-0.25, -0.2) is 0 Å². The third-order valence-electron chi connectivity index (χ3n) is 3.45. The molecule has 1 aromatic carbocycles. The summed E-state index contributed by atoms with van der Waals surface area (Å²) in [5.41, 5.74) is 3.68. The van der Waals surface area contributed by atoms with Gasteiger partial charge < -0.3 is 10.2 Å². The summed E-state index contributed by atoms with van der Waals surface area (Å²) in [6.45, 7) is 8.28. The molecule has 2 aromatic rings. The van der Waals surface area contributed by atoms with Gasteiger partial charge in [-0.3, -0.25) is 4.68 Å². The van der Waals surface area contributed by atoms with Gasteiger partial charge in [0.15, 0.2) is 0 Å². The van der Waals surface area contributed by atoms with E-state index in [4.69, 9.17) is 0 Å². The van der Waals surface area contributed by atoms with Crippen LogP contribution in [0.25, 0.3) is 0 Å². The van der Waals surface area contributed by atoms with Gasteiger partial charge in [0.25, 0.3) is 0 Å². The van der Waals surface area contributed by atoms with Crippen LogP contribution in [0.1, 0.15) is 25.1 Å². The number of rotatable bonds is 6. The van der Waals surface area contributed by atoms with Crippen LogP contribution in [0.4, 0.5) is 11.5 Å². The molecule has 0 aliphatic carbocycles. The van der Waals surface area contributed by atoms with E-state index in [1.54, 1.807) is 0 Å². The molecule has 0 aliphatic heterocycles. The van der Waals surface area contributed by atoms with Crippen LogP contribution in [-0.2, 0) is 13.1 Å². The third kappa shape index (κ3) is 4.25. The number of nitrogens with zero attached hydrogens (tertiary/aromatic N) is 3. The Labute approximate surface area is 127 Å². The number of hydrogen-bond donors (Lipinski definition) is 1. The molecular formula is C17H26N4. The van der Waals surface area contributed by atoms with Crippen molar-refractivity contribution in [1.29, 1.82) is 0 Å². The Morgan fingerprint density at radius 3 is 2.43 bits per heavy atom. The minimum Gasteiger partial charge on any atom is -0.378 e. The maximum Gasteiger partial charge on any atom is 0.148 e. The Balaban J connectivity index is 1.96. The minimum atomic E-state index is 0.607. The van der Waals surface area contributed by atoms with E-state index in [1.807, 2.05) is 0 Å². The van der Waals surface area contributed by atoms with Gasteiger partial charge >= 0.3 is 0 Å². The number of nitrogens with one attached hydrogen (secondary N) is 1. The third-order valence-corrected chi connectivity index (χ3v) is 3.45. The van der Waals surface area contributed by atoms with Gasteiger partial charge in [-0.15, -0.1) is 0 Å². The molecule has 4 heteroatoms. The van der Waals surface area contributed by atoms with E-state index in [2.05, 4.69) is 85.2 Å². The van der Waals surface area contributed by atoms with E-state index in [9.17, 15) is 0 Å². The summed E-state index contributed by atoms with van der Waals surface area (Å²) < 4.78 is 2.07. The van der Waals surface area contributed by atoms with Crippen molar-refractivity contribution in [1.82, 2.24) is 9.78 Å². The predicted molar refractivity (Wildman–Crippen MR) is 89.9 cm³/mol. The van der Waals surface area contributed by atoms with Crippen molar-refractivity contribution in [2.75, 3.05) is 24.3 Å². The molecule has 1 N–H and O–H groups in total. The van der Waals surface area contributed by atoms with Gasteiger partial charge in [0.05, 0.1) is 0 Å². The standard InChI is InChI=1S/C17H26N4/c1-13(2)12-21-14(3)10-17(19-21)18-11-15-6-8-16(9-7-15)20(4)5/h6-10,13H,11-12H2,1-5H3,(H,18,19). The first kappa shape index (κ1) is 15.4. The minimum absolute atomic E-state index is 0.607. The highest BCUT2D eigenvalue weighted by Gasteiger charge is 2.05. The molecule has 0 radical (unpaired) electrons. The lowest BCUT2D eigenvalue weighted by Crippen LogP contribution is -2.09. The van der Waals surface area contributed by atoms with E-state index in [0.717, 1.165) is 18.9 Å². The summed E-state index contributed by atoms with van der Waals surface area (Å²) in [6.07, 6.45) is 0. The van der Waals surface area contributed by atoms with Gasteiger partial charge in [-0.2, -0.15) is 5.10 Å². The van der Waals surface area contributed by atoms with Crippen LogP contribution in [0, 0.1) is 12.8 Å². The van der Waals surface area contributed by atoms with E-state index >= 15 is 0 Å². The second-order valence-electron chi connectivity index (χ2n) is 6.16. The number of hydrogen-bond acceptors (Lipinski definition) is 3. The van der Waals surface area contributed by atoms with Gasteiger partial charge in [-0.05, 0) is 30.5 Å². The molecule has 0 saturated heterocycles. The molecule has 0 bridgehead atoms. The Hall–Kier alpha value is -1.97. The Morgan fingerprint density at radius 1 is 1.19 bits per heavy atom. The first-order valence-electron chi connectivity index (χ1n) is 7.50. The SMILES string of the molecule is Cc1cc(NCc2ccc(N(C)C)cc2)nn1CC(C)C. The van der Waals surface area contributed by atoms with E-state index in [0.29, 0.717) is 5.92 Å². The molecule has 0 saturated carbocycles. The molecular weight excluding hydrogens is 260 g/mol. The monoisotopic (exact) mass is 286 g/mol. The lowest BCUT2D eigenvalue weighted by Gasteiger charge is -2.12. The maximum absolute atomic E-state index is 4.61. The number of anilines is 2. The van der Waals surface area contributed by atoms with Crippen LogP contribution in [0.15, 0.2) is 30.3 Å². The van der Waals surface area contributed by atoms with Crippen molar-refractivity contribution in [3.05, 3.63) is 41.6 Å². The normalized spacial score (nSPS) is 11.0. The first-order chi connectivity index (χ1) is 9.95. The van der Waals surface area contributed by atoms with Crippen molar-refractivity contribution < 1.29 is 0 Å². The maximum atomic E-state index is 4.61. The molecule has 2 rings (SSSR count). The fourth-order valence-corrected chi connectivity index (χ4v) is 2.23. The average molecular weight is 286 g/mol. The fraction of sp³-hybridized carbons (Fsp3) is 0.471. The van der Waals surface area contributed by atoms with Crippen molar-refractivity contribution in [2.45, 2.75) is 33.9 Å². The van der Waals surface area contributed by atoms with Crippen LogP contribution >= 0.6 is 0 Å². The van der Waals surface area contributed by atoms with Crippen molar-refractivity contribution in [3.8, 4) is 0 Å². The number of aromatic nitrogens is 2. The van der Waals surface area contributed by atoms with Gasteiger partial charge in [0.2, 0.25) is 0 Å². The molecule has 0 unspecified atom stereocenters. The smallest absolute Gasteiger partial charge is 0.148 e. The molecule has 1 heterocycles. The zero-order valence-corrected chi connectivity index (χ0v) is 13.7. The van der Waals surface area contributed by atoms with Crippen molar-refractivity contribution in [3.63, 3.8) is 0 Å². The highest BCUT2D eigenvalue weighted by Crippen LogP contribution is 2.15. The van der Waals surface area contributed by atoms with Crippen LogP contribution in [-0.4, -0.2) is 23.9 Å². The molecule has 4 nitrogen and oxygen atoms in total. The zero-order chi connectivity index (χ0) is 15.4. The number of benzene rings is 1. The zero-order valence-electron chi connectivity index (χ0n) is 13.7. The summed E-state index contributed by atoms with van der Waals surface area (Å²) in [6, 6.07) is 10.7. The van der Waals surface area contributed by atoms with Crippen molar-refractivity contribution in [2.24, 2.45) is 5.92 Å². The van der Waals surface area contributed by atoms with Gasteiger partial charge in [-0.1, -0.05) is 26.0 Å². The molecule has 114 valence electrons. The summed E-state index contributed by atoms with van der Waals surface area (Å²) in [5, 5.41) is 8.01. The predicted octanol–water partition coefficient (Wildman–Crippen LogP) is 3.53. The topological polar surface area (TPSA) is 33.1 Å². The van der Waals surface area contributed by atoms with E-state index in [-0.39, 0.29) is 0 Å². The fourth-order valence-electron chi connectivity index (χ4n) is 2.23. The van der Waals surface area contributed by atoms with Crippen LogP contribution in [0.2, 0.25) is 0 Å². The molecule has 0 amide bonds. The van der Waals surface area contributed by atoms with Crippen molar-refractivity contribution >= 4 is 11.5 Å². The average Bonchev–Trinajstić information content (AvgIpc) is 2.77. The Bertz CT molecular complexity index is 567. The molecule has 0 atom stereocenters. The number of aryl methyl sites for hydroxylation is 1. The van der Waals surface area contributed by atoms with Crippen LogP contribution in [0.3, 0.4) is 0 Å². The second-order valence-corrected chi connectivity index (χ2v) is 6.16. The molecule has 1 aromatic heterocycles. The lowest BCUT2D eigenvalue weighted by atomic mass is 10.2. The van der Waals surface area contributed by atoms with E-state index in [1.165, 1.54) is 16.9 Å². The summed E-state index contributed by atoms with van der Waals surface area (Å²) in [4.78, 5) is 2.11. The molecule has 0 aliphatic rings. The summed E-state index contributed by atoms with van der Waals surface area (Å²) in [5.74, 6) is 1.56. The van der Waals surface area contributed by atoms with Crippen LogP contribution < -0.4 is 10.2 Å². The molecule has 21 heavy (non-hydrogen) atoms. The second kappa shape index (κ2) is 6.66. The van der Waals surface area contributed by atoms with Gasteiger partial charge in [0, 0.05) is 44.6 Å². The highest BCUT2D eigenvalue weighted by atomic mass is 15.3. The summed E-state index contributed by atoms with van der Waals surface area (Å²) >= 11 is 0. The first-order valence-corrected chi connectivity index (χ1v) is 7.50. The Morgan fingerprint density at radius 2 is 1.86 bits per heavy atom. The van der Waals surface area contributed by atoms with Gasteiger partial charge in [0.1, 0.15) is 5.82 Å². The van der Waals surface area contributed by atoms with Crippen LogP contribution in [0.5, 0.6) is 0 Å². The van der Waals surface area contributed by atoms with E-state index < -0.39 is 0 Å². The Kier molecular flexibility index (Phi) is 4.89. The highest BCUT2D eigenvalue weighted by molar-refractivity contribution is 5.46. The molecule has 0 spiro atoms. The summed E-state index contributed by atoms with van der Waals surface area (Å²) in [7, 11) is 4.11. The largest absolute Gasteiger partial charge is 0.378 e.